The van der Waals surface area contributed by atoms with E-state index in [-0.39, 0.29) is 41.5 Å². The van der Waals surface area contributed by atoms with Crippen molar-refractivity contribution in [2.24, 2.45) is 5.92 Å². The van der Waals surface area contributed by atoms with Gasteiger partial charge in [-0.15, -0.1) is 0 Å². The van der Waals surface area contributed by atoms with E-state index in [0.29, 0.717) is 57.5 Å². The van der Waals surface area contributed by atoms with Crippen LogP contribution in [0.1, 0.15) is 118 Å². The van der Waals surface area contributed by atoms with Crippen LogP contribution in [0.15, 0.2) is 231 Å². The molecule has 714 valence electrons. The van der Waals surface area contributed by atoms with Gasteiger partial charge in [-0.25, -0.2) is 49.2 Å². The number of nitrogen functional groups attached to an aromatic ring is 6. The number of nitrogens with two attached hydrogens (primary N) is 6. The number of anilines is 9. The minimum atomic E-state index is -0.227. The van der Waals surface area contributed by atoms with Crippen LogP contribution in [0.4, 0.5) is 57.5 Å². The number of aryl methyl sites for hydroxylation is 9. The molecule has 16 aromatic rings. The van der Waals surface area contributed by atoms with Gasteiger partial charge in [-0.3, -0.25) is 9.78 Å². The van der Waals surface area contributed by atoms with Crippen molar-refractivity contribution in [1.82, 2.24) is 69.7 Å². The van der Waals surface area contributed by atoms with E-state index in [2.05, 4.69) is 113 Å². The number of rotatable bonds is 26. The zero-order valence-electron chi connectivity index (χ0n) is 78.8. The topological polar surface area (TPSA) is 380 Å². The highest BCUT2D eigenvalue weighted by Crippen LogP contribution is 2.38. The van der Waals surface area contributed by atoms with Gasteiger partial charge in [0.2, 0.25) is 41.6 Å². The standard InChI is InChI=1S/C21H23N5O.C20H20ClFN4.C20H21ClN4.C19H18Cl2N4.C15H16ClN3.C13H14ClN3/c22-21-24-15(6-1-2-12-26-13-5-10-20(26)27)14-19(25-21)17-7-3-9-18-16(17)8-4-11-23-18;1-12-10-17(22)13(2)9-16(12)18-11-19(26-20(23)25-18)24-8-7-14-3-5-15(21)6-4-14;1-13-3-4-14(2)17(11-13)18-12-19(25-20(22)24-18)23-10-9-15-5-7-16(21)8-6-15;1-12-3-2-4-15(18(12)21)16-11-17(25-19(22)24-16)23-10-9-13-5-7-14(20)8-6-13;1-9-3-2-4-12(14(9)16)13-8-11(7-10-5-6-10)18-15(17)19-13;1-3-9-7-11(17-13(15)16-9)10-6-4-5-8(2)12(10)14/h3-4,7-9,11,14H,1-2,5-6,10,12-13H2,(H2,22,24,25);3-6,9-11H,7-8H2,1-2H3,(H3,23,24,25,26);3-8,11-12H,9-10H2,1-2H3,(H3,22,23,24,25);2-8,11H,9-10H2,1H3,(H3,22,23,24,25);2-4,8,10H,5-7H2,1H3,(H2,17,18,19);4-7H,3H2,1-2H3,(H2,15,16,17). The maximum atomic E-state index is 13.7. The second-order valence-corrected chi connectivity index (χ2v) is 36.5. The van der Waals surface area contributed by atoms with Crippen molar-refractivity contribution >= 4 is 140 Å². The monoisotopic (exact) mass is 1980 g/mol. The molecule has 0 spiro atoms. The molecule has 2 aliphatic rings. The Morgan fingerprint density at radius 1 is 0.374 bits per heavy atom. The fourth-order valence-corrected chi connectivity index (χ4v) is 16.6. The van der Waals surface area contributed by atoms with Gasteiger partial charge in [0, 0.05) is 134 Å². The van der Waals surface area contributed by atoms with Crippen LogP contribution in [-0.2, 0) is 43.3 Å². The Kier molecular flexibility index (Phi) is 36.5. The summed E-state index contributed by atoms with van der Waals surface area (Å²) < 4.78 is 13.7. The van der Waals surface area contributed by atoms with E-state index in [4.69, 9.17) is 104 Å². The van der Waals surface area contributed by atoms with Crippen LogP contribution in [-0.4, -0.2) is 108 Å². The SMILES string of the molecule is CCc1cc(-c2cccc(C)c2Cl)nc(N)n1.Cc1cc(-c2cc(NCCc3ccc(Cl)cc3)nc(N)n2)c(C)cc1F.Cc1ccc(C)c(-c2cc(NCCc3ccc(Cl)cc3)nc(N)n2)c1.Cc1cccc(-c2cc(CC3CC3)nc(N)n2)c1Cl.Cc1cccc(-c2cc(NCCc3ccc(Cl)cc3)nc(N)n2)c1Cl.Nc1nc(CCCCN2CCCC2=O)cc(-c2cccc3ncccc23)n1. The van der Waals surface area contributed by atoms with Crippen LogP contribution in [0, 0.1) is 60.2 Å². The van der Waals surface area contributed by atoms with Gasteiger partial charge in [0.25, 0.3) is 0 Å². The molecule has 1 saturated carbocycles. The lowest BCUT2D eigenvalue weighted by Crippen LogP contribution is -2.25. The summed E-state index contributed by atoms with van der Waals surface area (Å²) in [5.74, 6) is 4.45. The fourth-order valence-electron chi connectivity index (χ4n) is 15.5. The van der Waals surface area contributed by atoms with Gasteiger partial charge >= 0.3 is 0 Å². The minimum absolute atomic E-state index is 0.179. The van der Waals surface area contributed by atoms with E-state index in [1.54, 1.807) is 19.2 Å². The number of fused-ring (bicyclic) bond motifs is 1. The van der Waals surface area contributed by atoms with Crippen molar-refractivity contribution in [2.45, 2.75) is 132 Å². The van der Waals surface area contributed by atoms with Crippen LogP contribution in [0.5, 0.6) is 0 Å². The summed E-state index contributed by atoms with van der Waals surface area (Å²) in [6, 6.07) is 72.2. The molecule has 7 aromatic heterocycles. The molecule has 8 heterocycles. The highest BCUT2D eigenvalue weighted by Gasteiger charge is 2.25. The smallest absolute Gasteiger partial charge is 0.222 e. The molecule has 24 nitrogen and oxygen atoms in total. The first-order valence-corrected chi connectivity index (χ1v) is 48.2. The third-order valence-corrected chi connectivity index (χ3v) is 25.4. The molecular weight excluding hydrogens is 1870 g/mol. The number of hydrogen-bond donors (Lipinski definition) is 9. The lowest BCUT2D eigenvalue weighted by Gasteiger charge is -2.15. The van der Waals surface area contributed by atoms with Crippen LogP contribution in [0.2, 0.25) is 30.1 Å². The van der Waals surface area contributed by atoms with E-state index in [1.165, 1.54) is 41.2 Å². The second-order valence-electron chi connectivity index (χ2n) is 34.1. The van der Waals surface area contributed by atoms with Crippen molar-refractivity contribution in [1.29, 1.82) is 0 Å². The molecule has 2 fully saturated rings. The van der Waals surface area contributed by atoms with E-state index in [1.807, 2.05) is 234 Å². The number of unbranched alkanes of at least 4 members (excludes halogenated alkanes) is 1. The summed E-state index contributed by atoms with van der Waals surface area (Å²) in [4.78, 5) is 69.7. The van der Waals surface area contributed by atoms with Gasteiger partial charge in [0.05, 0.1) is 54.7 Å². The lowest BCUT2D eigenvalue weighted by atomic mass is 10.0. The van der Waals surface area contributed by atoms with Crippen molar-refractivity contribution in [3.8, 4) is 67.5 Å². The molecule has 0 bridgehead atoms. The first kappa shape index (κ1) is 103. The number of benzene rings is 9. The number of pyridine rings is 1. The number of halogens is 7. The Morgan fingerprint density at radius 2 is 0.777 bits per heavy atom. The summed E-state index contributed by atoms with van der Waals surface area (Å²) in [5.41, 5.74) is 59.5. The van der Waals surface area contributed by atoms with E-state index >= 15 is 0 Å². The number of carbonyl (C=O) groups excluding carboxylic acids is 1. The summed E-state index contributed by atoms with van der Waals surface area (Å²) in [6.45, 7) is 19.6. The molecule has 1 aliphatic carbocycles. The van der Waals surface area contributed by atoms with Crippen molar-refractivity contribution in [2.75, 3.05) is 83.1 Å². The minimum Gasteiger partial charge on any atom is -0.370 e. The Labute approximate surface area is 840 Å². The van der Waals surface area contributed by atoms with Crippen LogP contribution in [0.25, 0.3) is 78.4 Å². The molecular formula is C108H112Cl6FN23O. The zero-order chi connectivity index (χ0) is 98.8. The predicted molar refractivity (Wildman–Crippen MR) is 570 cm³/mol. The molecule has 9 aromatic carbocycles. The first-order chi connectivity index (χ1) is 66.9. The Balaban J connectivity index is 0.000000141. The third-order valence-electron chi connectivity index (χ3n) is 23.1. The quantitative estimate of drug-likeness (QED) is 0.0227. The van der Waals surface area contributed by atoms with Gasteiger partial charge in [0.1, 0.15) is 23.3 Å². The molecule has 1 amide bonds. The second kappa shape index (κ2) is 49.5. The Hall–Kier alpha value is -13.8. The van der Waals surface area contributed by atoms with Gasteiger partial charge < -0.3 is 55.3 Å². The Bertz CT molecular complexity index is 6840. The van der Waals surface area contributed by atoms with Gasteiger partial charge in [-0.1, -0.05) is 203 Å². The van der Waals surface area contributed by atoms with Crippen LogP contribution < -0.4 is 50.4 Å². The molecule has 1 aliphatic heterocycles. The van der Waals surface area contributed by atoms with Crippen LogP contribution >= 0.6 is 69.6 Å². The molecule has 0 atom stereocenters. The number of nitrogens with zero attached hydrogens (tertiary/aromatic N) is 14. The number of amides is 1. The van der Waals surface area contributed by atoms with Gasteiger partial charge in [0.15, 0.2) is 0 Å². The number of aromatic nitrogens is 13. The Morgan fingerprint density at radius 3 is 1.23 bits per heavy atom. The first-order valence-electron chi connectivity index (χ1n) is 45.9. The molecule has 0 unspecified atom stereocenters. The van der Waals surface area contributed by atoms with Crippen molar-refractivity contribution < 1.29 is 9.18 Å². The highest BCUT2D eigenvalue weighted by molar-refractivity contribution is 6.35. The summed E-state index contributed by atoms with van der Waals surface area (Å²) in [5, 5.41) is 15.3. The zero-order valence-corrected chi connectivity index (χ0v) is 83.4. The number of hydrogen-bond acceptors (Lipinski definition) is 23. The summed E-state index contributed by atoms with van der Waals surface area (Å²) in [6.07, 6.45) is 13.2. The molecule has 31 heteroatoms. The number of nitrogens with one attached hydrogen (secondary N) is 3. The van der Waals surface area contributed by atoms with Gasteiger partial charge in [-0.05, 0) is 260 Å². The number of carbonyl (C=O) groups is 1. The number of likely N-dealkylation sites (tertiary alicyclic amines) is 1. The van der Waals surface area contributed by atoms with Crippen LogP contribution in [0.3, 0.4) is 0 Å². The largest absolute Gasteiger partial charge is 0.370 e. The van der Waals surface area contributed by atoms with E-state index in [0.717, 1.165) is 228 Å². The van der Waals surface area contributed by atoms with Crippen molar-refractivity contribution in [3.05, 3.63) is 339 Å². The maximum absolute atomic E-state index is 13.7. The molecule has 15 N–H and O–H groups in total. The van der Waals surface area contributed by atoms with E-state index < -0.39 is 0 Å². The average molecular weight is 1980 g/mol. The molecule has 1 saturated heterocycles. The van der Waals surface area contributed by atoms with Gasteiger partial charge in [-0.2, -0.15) is 15.0 Å². The normalized spacial score (nSPS) is 11.9. The molecule has 18 rings (SSSR count). The highest BCUT2D eigenvalue weighted by atomic mass is 35.5. The summed E-state index contributed by atoms with van der Waals surface area (Å²) in [7, 11) is 0. The summed E-state index contributed by atoms with van der Waals surface area (Å²) >= 11 is 36.7. The third kappa shape index (κ3) is 30.1. The lowest BCUT2D eigenvalue weighted by molar-refractivity contribution is -0.127. The molecule has 139 heavy (non-hydrogen) atoms. The van der Waals surface area contributed by atoms with E-state index in [9.17, 15) is 9.18 Å². The molecule has 0 radical (unpaired) electrons. The predicted octanol–water partition coefficient (Wildman–Crippen LogP) is 24.5. The fraction of sp³-hybridized carbons (Fsp3) is 0.241. The van der Waals surface area contributed by atoms with Crippen molar-refractivity contribution in [3.63, 3.8) is 0 Å². The maximum Gasteiger partial charge on any atom is 0.222 e. The average Bonchev–Trinajstić information content (AvgIpc) is 1.49.